The molecule has 5 heteroatoms. The van der Waals surface area contributed by atoms with E-state index in [1.165, 1.54) is 7.11 Å². The Balaban J connectivity index is 1.90. The van der Waals surface area contributed by atoms with E-state index in [4.69, 9.17) is 14.2 Å². The molecule has 1 N–H and O–H groups in total. The molecule has 0 amide bonds. The number of carbonyl (C=O) groups excluding carboxylic acids is 1. The van der Waals surface area contributed by atoms with Gasteiger partial charge in [-0.25, -0.2) is 4.79 Å². The molecule has 0 aliphatic carbocycles. The van der Waals surface area contributed by atoms with E-state index in [0.29, 0.717) is 0 Å². The molecule has 1 aliphatic heterocycles. The van der Waals surface area contributed by atoms with Gasteiger partial charge in [-0.2, -0.15) is 0 Å². The molecule has 3 rings (SSSR count). The van der Waals surface area contributed by atoms with Crippen LogP contribution >= 0.6 is 0 Å². The van der Waals surface area contributed by atoms with E-state index in [0.717, 1.165) is 48.4 Å². The van der Waals surface area contributed by atoms with Crippen molar-refractivity contribution in [2.24, 2.45) is 5.92 Å². The molecule has 5 nitrogen and oxygen atoms in total. The maximum Gasteiger partial charge on any atom is 0.340 e. The van der Waals surface area contributed by atoms with Gasteiger partial charge in [0.15, 0.2) is 6.10 Å². The second kappa shape index (κ2) is 9.71. The SMILES string of the molecule is COc1cccc(C(OC(=O)C(OC)c2ccccc2)C2CCNCC2)c1C. The van der Waals surface area contributed by atoms with Gasteiger partial charge in [0.25, 0.3) is 0 Å². The van der Waals surface area contributed by atoms with Gasteiger partial charge in [0.1, 0.15) is 11.9 Å². The lowest BCUT2D eigenvalue weighted by atomic mass is 9.86. The van der Waals surface area contributed by atoms with Crippen LogP contribution in [0.4, 0.5) is 0 Å². The van der Waals surface area contributed by atoms with E-state index in [2.05, 4.69) is 5.32 Å². The fourth-order valence-electron chi connectivity index (χ4n) is 3.90. The lowest BCUT2D eigenvalue weighted by Gasteiger charge is -2.32. The normalized spacial score (nSPS) is 17.0. The van der Waals surface area contributed by atoms with Crippen molar-refractivity contribution in [3.8, 4) is 5.75 Å². The number of esters is 1. The van der Waals surface area contributed by atoms with Gasteiger partial charge in [-0.15, -0.1) is 0 Å². The molecule has 2 unspecified atom stereocenters. The predicted molar refractivity (Wildman–Crippen MR) is 108 cm³/mol. The Hall–Kier alpha value is -2.37. The monoisotopic (exact) mass is 383 g/mol. The summed E-state index contributed by atoms with van der Waals surface area (Å²) in [5.74, 6) is 0.697. The second-order valence-corrected chi connectivity index (χ2v) is 7.15. The molecular weight excluding hydrogens is 354 g/mol. The van der Waals surface area contributed by atoms with Gasteiger partial charge in [-0.1, -0.05) is 42.5 Å². The first kappa shape index (κ1) is 20.4. The van der Waals surface area contributed by atoms with Gasteiger partial charge in [0.2, 0.25) is 0 Å². The number of carbonyl (C=O) groups is 1. The van der Waals surface area contributed by atoms with Crippen molar-refractivity contribution in [2.45, 2.75) is 32.0 Å². The van der Waals surface area contributed by atoms with Crippen LogP contribution in [-0.4, -0.2) is 33.3 Å². The zero-order valence-electron chi connectivity index (χ0n) is 16.8. The lowest BCUT2D eigenvalue weighted by molar-refractivity contribution is -0.165. The van der Waals surface area contributed by atoms with Gasteiger partial charge in [-0.05, 0) is 55.6 Å². The number of rotatable bonds is 7. The summed E-state index contributed by atoms with van der Waals surface area (Å²) < 4.78 is 17.1. The molecule has 2 atom stereocenters. The molecular formula is C23H29NO4. The Morgan fingerprint density at radius 1 is 1.04 bits per heavy atom. The van der Waals surface area contributed by atoms with Crippen LogP contribution in [0.3, 0.4) is 0 Å². The highest BCUT2D eigenvalue weighted by molar-refractivity contribution is 5.77. The molecule has 28 heavy (non-hydrogen) atoms. The number of hydrogen-bond donors (Lipinski definition) is 1. The highest BCUT2D eigenvalue weighted by Crippen LogP contribution is 2.37. The zero-order valence-corrected chi connectivity index (χ0v) is 16.8. The van der Waals surface area contributed by atoms with Gasteiger partial charge in [0.05, 0.1) is 7.11 Å². The number of nitrogens with one attached hydrogen (secondary N) is 1. The smallest absolute Gasteiger partial charge is 0.340 e. The number of hydrogen-bond acceptors (Lipinski definition) is 5. The molecule has 2 aromatic rings. The van der Waals surface area contributed by atoms with Gasteiger partial charge in [-0.3, -0.25) is 0 Å². The molecule has 0 saturated carbocycles. The topological polar surface area (TPSA) is 56.8 Å². The van der Waals surface area contributed by atoms with Gasteiger partial charge >= 0.3 is 5.97 Å². The van der Waals surface area contributed by atoms with Crippen LogP contribution in [0.1, 0.15) is 41.7 Å². The maximum atomic E-state index is 13.1. The van der Waals surface area contributed by atoms with Crippen LogP contribution in [0, 0.1) is 12.8 Å². The first-order valence-corrected chi connectivity index (χ1v) is 9.78. The first-order chi connectivity index (χ1) is 13.7. The fraction of sp³-hybridized carbons (Fsp3) is 0.435. The maximum absolute atomic E-state index is 13.1. The third-order valence-corrected chi connectivity index (χ3v) is 5.46. The van der Waals surface area contributed by atoms with E-state index in [1.54, 1.807) is 7.11 Å². The van der Waals surface area contributed by atoms with Crippen molar-refractivity contribution in [3.05, 3.63) is 65.2 Å². The summed E-state index contributed by atoms with van der Waals surface area (Å²) in [5.41, 5.74) is 2.80. The fourth-order valence-corrected chi connectivity index (χ4v) is 3.90. The summed E-state index contributed by atoms with van der Waals surface area (Å²) >= 11 is 0. The predicted octanol–water partition coefficient (Wildman–Crippen LogP) is 3.98. The summed E-state index contributed by atoms with van der Waals surface area (Å²) in [6.45, 7) is 3.86. The molecule has 1 heterocycles. The standard InChI is InChI=1S/C23H29NO4/c1-16-19(10-7-11-20(16)26-2)21(18-12-14-24-15-13-18)28-23(25)22(27-3)17-8-5-4-6-9-17/h4-11,18,21-22,24H,12-15H2,1-3H3. The average Bonchev–Trinajstić information content (AvgIpc) is 2.74. The molecule has 2 aromatic carbocycles. The van der Waals surface area contributed by atoms with Crippen LogP contribution in [0.15, 0.2) is 48.5 Å². The highest BCUT2D eigenvalue weighted by Gasteiger charge is 2.33. The molecule has 0 radical (unpaired) electrons. The Morgan fingerprint density at radius 2 is 1.75 bits per heavy atom. The van der Waals surface area contributed by atoms with E-state index in [1.807, 2.05) is 55.5 Å². The third-order valence-electron chi connectivity index (χ3n) is 5.46. The van der Waals surface area contributed by atoms with Crippen LogP contribution in [-0.2, 0) is 14.3 Å². The third kappa shape index (κ3) is 4.54. The summed E-state index contributed by atoms with van der Waals surface area (Å²) in [7, 11) is 3.20. The van der Waals surface area contributed by atoms with Crippen molar-refractivity contribution in [1.82, 2.24) is 5.32 Å². The van der Waals surface area contributed by atoms with Crippen LogP contribution in [0.25, 0.3) is 0 Å². The van der Waals surface area contributed by atoms with Crippen LogP contribution < -0.4 is 10.1 Å². The number of methoxy groups -OCH3 is 2. The molecule has 1 saturated heterocycles. The summed E-state index contributed by atoms with van der Waals surface area (Å²) in [4.78, 5) is 13.1. The van der Waals surface area contributed by atoms with Crippen molar-refractivity contribution in [3.63, 3.8) is 0 Å². The first-order valence-electron chi connectivity index (χ1n) is 9.78. The molecule has 1 aliphatic rings. The van der Waals surface area contributed by atoms with E-state index in [9.17, 15) is 4.79 Å². The highest BCUT2D eigenvalue weighted by atomic mass is 16.6. The molecule has 0 aromatic heterocycles. The minimum Gasteiger partial charge on any atom is -0.496 e. The Kier molecular flexibility index (Phi) is 7.06. The Labute approximate surface area is 167 Å². The van der Waals surface area contributed by atoms with Crippen LogP contribution in [0.2, 0.25) is 0 Å². The Bertz CT molecular complexity index is 771. The quantitative estimate of drug-likeness (QED) is 0.733. The average molecular weight is 383 g/mol. The van der Waals surface area contributed by atoms with E-state index >= 15 is 0 Å². The Morgan fingerprint density at radius 3 is 2.39 bits per heavy atom. The van der Waals surface area contributed by atoms with Crippen LogP contribution in [0.5, 0.6) is 5.75 Å². The van der Waals surface area contributed by atoms with Gasteiger partial charge in [0, 0.05) is 13.0 Å². The number of ether oxygens (including phenoxy) is 3. The van der Waals surface area contributed by atoms with Crippen molar-refractivity contribution in [1.29, 1.82) is 0 Å². The molecule has 150 valence electrons. The van der Waals surface area contributed by atoms with Gasteiger partial charge < -0.3 is 19.5 Å². The van der Waals surface area contributed by atoms with E-state index in [-0.39, 0.29) is 18.0 Å². The van der Waals surface area contributed by atoms with E-state index < -0.39 is 6.10 Å². The summed E-state index contributed by atoms with van der Waals surface area (Å²) in [5, 5.41) is 3.38. The minimum atomic E-state index is -0.740. The lowest BCUT2D eigenvalue weighted by Crippen LogP contribution is -2.33. The minimum absolute atomic E-state index is 0.254. The summed E-state index contributed by atoms with van der Waals surface area (Å²) in [6, 6.07) is 15.4. The largest absolute Gasteiger partial charge is 0.496 e. The van der Waals surface area contributed by atoms with Crippen molar-refractivity contribution >= 4 is 5.97 Å². The van der Waals surface area contributed by atoms with Crippen molar-refractivity contribution in [2.75, 3.05) is 27.3 Å². The molecule has 0 spiro atoms. The zero-order chi connectivity index (χ0) is 19.9. The molecule has 0 bridgehead atoms. The number of piperidine rings is 1. The molecule has 1 fully saturated rings. The second-order valence-electron chi connectivity index (χ2n) is 7.15. The summed E-state index contributed by atoms with van der Waals surface area (Å²) in [6.07, 6.45) is 0.845. The van der Waals surface area contributed by atoms with Crippen molar-refractivity contribution < 1.29 is 19.0 Å². The number of benzene rings is 2.